The third kappa shape index (κ3) is 4.90. The lowest BCUT2D eigenvalue weighted by molar-refractivity contribution is 1.78. The van der Waals surface area contributed by atoms with Crippen molar-refractivity contribution in [2.24, 2.45) is 0 Å². The van der Waals surface area contributed by atoms with E-state index in [-0.39, 0.29) is 5.56 Å². The van der Waals surface area contributed by atoms with Gasteiger partial charge in [-0.25, -0.2) is 0 Å². The summed E-state index contributed by atoms with van der Waals surface area (Å²) in [6.45, 7) is 4.27. The standard InChI is InChI=1S/C4H8IP/c1-3-4-6(2)5/h3-4H,1-2H3/b4-3+. The van der Waals surface area contributed by atoms with Gasteiger partial charge in [-0.15, -0.1) is 0 Å². The van der Waals surface area contributed by atoms with Crippen molar-refractivity contribution >= 4 is 27.6 Å². The van der Waals surface area contributed by atoms with Crippen molar-refractivity contribution in [3.8, 4) is 0 Å². The van der Waals surface area contributed by atoms with Crippen LogP contribution in [0.2, 0.25) is 0 Å². The summed E-state index contributed by atoms with van der Waals surface area (Å²) in [4.78, 5) is 0. The number of rotatable bonds is 1. The second-order valence-corrected chi connectivity index (χ2v) is 6.92. The lowest BCUT2D eigenvalue weighted by Gasteiger charge is -1.85. The van der Waals surface area contributed by atoms with Gasteiger partial charge in [0.2, 0.25) is 0 Å². The van der Waals surface area contributed by atoms with Crippen molar-refractivity contribution in [2.75, 3.05) is 6.66 Å². The first-order chi connectivity index (χ1) is 2.77. The van der Waals surface area contributed by atoms with Crippen LogP contribution in [0.4, 0.5) is 0 Å². The third-order valence-electron chi connectivity index (χ3n) is 0.354. The molecule has 0 N–H and O–H groups in total. The Morgan fingerprint density at radius 3 is 2.17 bits per heavy atom. The highest BCUT2D eigenvalue weighted by atomic mass is 127. The molecule has 6 heavy (non-hydrogen) atoms. The zero-order valence-corrected chi connectivity index (χ0v) is 7.03. The Kier molecular flexibility index (Phi) is 4.68. The molecule has 1 unspecified atom stereocenters. The summed E-state index contributed by atoms with van der Waals surface area (Å²) in [6.07, 6.45) is 2.10. The molecule has 1 atom stereocenters. The van der Waals surface area contributed by atoms with Crippen molar-refractivity contribution in [1.29, 1.82) is 0 Å². The molecule has 0 radical (unpaired) electrons. The molecule has 0 aromatic rings. The Labute approximate surface area is 53.3 Å². The summed E-state index contributed by atoms with van der Waals surface area (Å²) in [6, 6.07) is 0. The number of hydrogen-bond donors (Lipinski definition) is 0. The summed E-state index contributed by atoms with van der Waals surface area (Å²) in [5.41, 5.74) is 0.189. The van der Waals surface area contributed by atoms with Crippen molar-refractivity contribution < 1.29 is 0 Å². The molecule has 0 saturated carbocycles. The number of halogens is 1. The molecule has 2 heteroatoms. The molecule has 0 spiro atoms. The Hall–Kier alpha value is 0.900. The van der Waals surface area contributed by atoms with Crippen LogP contribution in [0, 0.1) is 0 Å². The van der Waals surface area contributed by atoms with E-state index in [1.54, 1.807) is 0 Å². The van der Waals surface area contributed by atoms with Gasteiger partial charge in [0.1, 0.15) is 0 Å². The maximum absolute atomic E-state index is 2.42. The predicted octanol–water partition coefficient (Wildman–Crippen LogP) is 2.98. The summed E-state index contributed by atoms with van der Waals surface area (Å²) in [5, 5.41) is 0. The van der Waals surface area contributed by atoms with Gasteiger partial charge >= 0.3 is 0 Å². The Bertz CT molecular complexity index is 49.5. The molecule has 36 valence electrons. The van der Waals surface area contributed by atoms with Crippen LogP contribution in [0.25, 0.3) is 0 Å². The van der Waals surface area contributed by atoms with E-state index in [2.05, 4.69) is 47.5 Å². The minimum absolute atomic E-state index is 0.189. The predicted molar refractivity (Wildman–Crippen MR) is 41.7 cm³/mol. The first kappa shape index (κ1) is 6.90. The topological polar surface area (TPSA) is 0 Å². The molecule has 0 aromatic carbocycles. The molecule has 0 nitrogen and oxygen atoms in total. The van der Waals surface area contributed by atoms with Crippen LogP contribution in [0.1, 0.15) is 6.92 Å². The minimum Gasteiger partial charge on any atom is -0.0865 e. The molecule has 0 aliphatic rings. The highest BCUT2D eigenvalue weighted by Gasteiger charge is 1.78. The molecule has 0 aromatic heterocycles. The van der Waals surface area contributed by atoms with Gasteiger partial charge in [0.05, 0.1) is 0 Å². The molecule has 0 fully saturated rings. The monoisotopic (exact) mass is 214 g/mol. The van der Waals surface area contributed by atoms with Gasteiger partial charge in [-0.2, -0.15) is 0 Å². The average Bonchev–Trinajstić information content (AvgIpc) is 1.35. The van der Waals surface area contributed by atoms with Gasteiger partial charge in [0, 0.05) is 0 Å². The fraction of sp³-hybridized carbons (Fsp3) is 0.500. The normalized spacial score (nSPS) is 15.8. The third-order valence-corrected chi connectivity index (χ3v) is 2.03. The van der Waals surface area contributed by atoms with Crippen LogP contribution in [-0.2, 0) is 0 Å². The van der Waals surface area contributed by atoms with Gasteiger partial charge in [-0.05, 0) is 41.2 Å². The van der Waals surface area contributed by atoms with Gasteiger partial charge in [-0.3, -0.25) is 0 Å². The first-order valence-electron chi connectivity index (χ1n) is 1.79. The molecular formula is C4H8IP. The van der Waals surface area contributed by atoms with Gasteiger partial charge in [0.15, 0.2) is 0 Å². The summed E-state index contributed by atoms with van der Waals surface area (Å²) in [5.74, 6) is 2.22. The van der Waals surface area contributed by atoms with Crippen LogP contribution in [-0.4, -0.2) is 6.66 Å². The van der Waals surface area contributed by atoms with E-state index in [4.69, 9.17) is 0 Å². The highest BCUT2D eigenvalue weighted by Crippen LogP contribution is 2.41. The SMILES string of the molecule is C/C=C/P(C)I. The van der Waals surface area contributed by atoms with Crippen LogP contribution in [0.3, 0.4) is 0 Å². The van der Waals surface area contributed by atoms with Crippen molar-refractivity contribution in [3.63, 3.8) is 0 Å². The van der Waals surface area contributed by atoms with Gasteiger partial charge in [-0.1, -0.05) is 11.9 Å². The second-order valence-electron chi connectivity index (χ2n) is 1.01. The largest absolute Gasteiger partial charge is 0.0865 e. The van der Waals surface area contributed by atoms with Crippen LogP contribution >= 0.6 is 27.6 Å². The fourth-order valence-electron chi connectivity index (χ4n) is 0.205. The Morgan fingerprint density at radius 2 is 2.17 bits per heavy atom. The number of allylic oxidation sites excluding steroid dienone is 1. The Balaban J connectivity index is 3.03. The van der Waals surface area contributed by atoms with E-state index in [0.717, 1.165) is 0 Å². The first-order valence-corrected chi connectivity index (χ1v) is 6.43. The van der Waals surface area contributed by atoms with E-state index in [0.29, 0.717) is 0 Å². The van der Waals surface area contributed by atoms with Gasteiger partial charge < -0.3 is 0 Å². The summed E-state index contributed by atoms with van der Waals surface area (Å²) in [7, 11) is 0. The maximum Gasteiger partial charge on any atom is -0.0205 e. The smallest absolute Gasteiger partial charge is 0.0205 e. The van der Waals surface area contributed by atoms with E-state index in [1.165, 1.54) is 0 Å². The lowest BCUT2D eigenvalue weighted by atomic mass is 10.8. The second kappa shape index (κ2) is 4.07. The van der Waals surface area contributed by atoms with E-state index >= 15 is 0 Å². The van der Waals surface area contributed by atoms with E-state index < -0.39 is 0 Å². The van der Waals surface area contributed by atoms with E-state index in [1.807, 2.05) is 0 Å². The summed E-state index contributed by atoms with van der Waals surface area (Å²) >= 11 is 2.42. The van der Waals surface area contributed by atoms with Crippen molar-refractivity contribution in [3.05, 3.63) is 11.9 Å². The zero-order valence-electron chi connectivity index (χ0n) is 3.98. The lowest BCUT2D eigenvalue weighted by Crippen LogP contribution is -1.40. The Morgan fingerprint density at radius 1 is 1.67 bits per heavy atom. The molecule has 0 aliphatic carbocycles. The zero-order chi connectivity index (χ0) is 4.99. The molecule has 0 rings (SSSR count). The van der Waals surface area contributed by atoms with Crippen LogP contribution in [0.5, 0.6) is 0 Å². The van der Waals surface area contributed by atoms with Crippen molar-refractivity contribution in [2.45, 2.75) is 6.92 Å². The quantitative estimate of drug-likeness (QED) is 0.464. The molecule has 0 heterocycles. The average molecular weight is 214 g/mol. The maximum atomic E-state index is 2.42. The minimum atomic E-state index is 0.189. The van der Waals surface area contributed by atoms with Gasteiger partial charge in [0.25, 0.3) is 0 Å². The van der Waals surface area contributed by atoms with Crippen molar-refractivity contribution in [1.82, 2.24) is 0 Å². The molecule has 0 amide bonds. The molecule has 0 bridgehead atoms. The van der Waals surface area contributed by atoms with E-state index in [9.17, 15) is 0 Å². The summed E-state index contributed by atoms with van der Waals surface area (Å²) < 4.78 is 0. The highest BCUT2D eigenvalue weighted by molar-refractivity contribution is 14.2. The number of hydrogen-bond acceptors (Lipinski definition) is 0. The van der Waals surface area contributed by atoms with Crippen LogP contribution in [0.15, 0.2) is 11.9 Å². The molecule has 0 saturated heterocycles. The molecule has 0 aliphatic heterocycles. The molecular weight excluding hydrogens is 206 g/mol. The fourth-order valence-corrected chi connectivity index (χ4v) is 1.58. The van der Waals surface area contributed by atoms with Crippen LogP contribution < -0.4 is 0 Å².